The summed E-state index contributed by atoms with van der Waals surface area (Å²) in [5.41, 5.74) is -0.00236. The summed E-state index contributed by atoms with van der Waals surface area (Å²) in [6, 6.07) is 3.34. The first-order valence-corrected chi connectivity index (χ1v) is 8.06. The zero-order valence-corrected chi connectivity index (χ0v) is 12.5. The number of hydrogen-bond acceptors (Lipinski definition) is 3. The van der Waals surface area contributed by atoms with Gasteiger partial charge in [0.25, 0.3) is 0 Å². The minimum Gasteiger partial charge on any atom is -0.481 e. The van der Waals surface area contributed by atoms with Gasteiger partial charge in [-0.1, -0.05) is 11.6 Å². The Hall–Kier alpha value is -1.38. The van der Waals surface area contributed by atoms with Crippen LogP contribution in [0.5, 0.6) is 0 Å². The fourth-order valence-electron chi connectivity index (χ4n) is 2.19. The van der Waals surface area contributed by atoms with Crippen LogP contribution in [0.1, 0.15) is 12.8 Å². The molecule has 1 aliphatic heterocycles. The van der Waals surface area contributed by atoms with Crippen LogP contribution in [0.4, 0.5) is 10.1 Å². The molecule has 6 nitrogen and oxygen atoms in total. The van der Waals surface area contributed by atoms with Gasteiger partial charge < -0.3 is 5.11 Å². The standard InChI is InChI=1S/C12H14ClFN2O4S/c13-9-4-10(14)6-11(5-9)15-21(19,20)16-3-1-2-8(7-16)12(17)18/h4-6,8,15H,1-3,7H2,(H,17,18). The molecular weight excluding hydrogens is 323 g/mol. The van der Waals surface area contributed by atoms with Crippen molar-refractivity contribution in [1.29, 1.82) is 0 Å². The van der Waals surface area contributed by atoms with Crippen LogP contribution in [0.3, 0.4) is 0 Å². The van der Waals surface area contributed by atoms with Crippen molar-refractivity contribution in [3.63, 3.8) is 0 Å². The first kappa shape index (κ1) is 16.0. The largest absolute Gasteiger partial charge is 0.481 e. The molecule has 1 heterocycles. The number of carboxylic acids is 1. The number of anilines is 1. The molecule has 0 radical (unpaired) electrons. The van der Waals surface area contributed by atoms with Crippen LogP contribution >= 0.6 is 11.6 Å². The molecule has 0 aromatic heterocycles. The van der Waals surface area contributed by atoms with Crippen molar-refractivity contribution >= 4 is 33.5 Å². The summed E-state index contributed by atoms with van der Waals surface area (Å²) >= 11 is 5.66. The third-order valence-corrected chi connectivity index (χ3v) is 4.91. The summed E-state index contributed by atoms with van der Waals surface area (Å²) in [5, 5.41) is 9.04. The van der Waals surface area contributed by atoms with E-state index in [-0.39, 0.29) is 23.8 Å². The molecule has 1 aromatic rings. The fraction of sp³-hybridized carbons (Fsp3) is 0.417. The summed E-state index contributed by atoms with van der Waals surface area (Å²) < 4.78 is 40.9. The van der Waals surface area contributed by atoms with E-state index in [1.165, 1.54) is 6.07 Å². The van der Waals surface area contributed by atoms with Crippen LogP contribution < -0.4 is 4.72 Å². The Morgan fingerprint density at radius 2 is 2.14 bits per heavy atom. The minimum absolute atomic E-state index is 0.00236. The SMILES string of the molecule is O=C(O)C1CCCN(S(=O)(=O)Nc2cc(F)cc(Cl)c2)C1. The fourth-order valence-corrected chi connectivity index (χ4v) is 3.70. The summed E-state index contributed by atoms with van der Waals surface area (Å²) in [4.78, 5) is 11.0. The zero-order chi connectivity index (χ0) is 15.6. The number of aliphatic carboxylic acids is 1. The van der Waals surface area contributed by atoms with Crippen molar-refractivity contribution in [3.8, 4) is 0 Å². The van der Waals surface area contributed by atoms with Crippen LogP contribution in [-0.2, 0) is 15.0 Å². The number of nitrogens with zero attached hydrogens (tertiary/aromatic N) is 1. The Morgan fingerprint density at radius 3 is 2.76 bits per heavy atom. The minimum atomic E-state index is -3.94. The highest BCUT2D eigenvalue weighted by atomic mass is 35.5. The molecule has 1 aliphatic rings. The van der Waals surface area contributed by atoms with Gasteiger partial charge in [0.15, 0.2) is 0 Å². The summed E-state index contributed by atoms with van der Waals surface area (Å²) in [6.07, 6.45) is 0.898. The van der Waals surface area contributed by atoms with Crippen LogP contribution in [0, 0.1) is 11.7 Å². The third-order valence-electron chi connectivity index (χ3n) is 3.18. The molecule has 1 aromatic carbocycles. The number of halogens is 2. The van der Waals surface area contributed by atoms with E-state index in [2.05, 4.69) is 4.72 Å². The second-order valence-electron chi connectivity index (χ2n) is 4.80. The Kier molecular flexibility index (Phi) is 4.70. The first-order chi connectivity index (χ1) is 9.78. The molecule has 2 N–H and O–H groups in total. The third kappa shape index (κ3) is 4.05. The average molecular weight is 337 g/mol. The molecule has 0 saturated carbocycles. The molecule has 9 heteroatoms. The Balaban J connectivity index is 2.16. The molecule has 0 spiro atoms. The molecule has 1 unspecified atom stereocenters. The molecule has 0 bridgehead atoms. The van der Waals surface area contributed by atoms with Crippen molar-refractivity contribution in [2.45, 2.75) is 12.8 Å². The molecule has 2 rings (SSSR count). The van der Waals surface area contributed by atoms with Crippen LogP contribution in [0.15, 0.2) is 18.2 Å². The van der Waals surface area contributed by atoms with Gasteiger partial charge in [0.2, 0.25) is 0 Å². The number of rotatable bonds is 4. The molecule has 116 valence electrons. The predicted molar refractivity (Wildman–Crippen MR) is 75.9 cm³/mol. The van der Waals surface area contributed by atoms with Gasteiger partial charge in [-0.05, 0) is 31.0 Å². The van der Waals surface area contributed by atoms with Gasteiger partial charge in [0.1, 0.15) is 5.82 Å². The maximum absolute atomic E-state index is 13.2. The number of piperidine rings is 1. The maximum atomic E-state index is 13.2. The van der Waals surface area contributed by atoms with Crippen LogP contribution in [0.2, 0.25) is 5.02 Å². The summed E-state index contributed by atoms with van der Waals surface area (Å²) in [7, 11) is -3.94. The number of carbonyl (C=O) groups is 1. The van der Waals surface area contributed by atoms with Gasteiger partial charge in [-0.3, -0.25) is 9.52 Å². The normalized spacial score (nSPS) is 20.2. The van der Waals surface area contributed by atoms with Gasteiger partial charge in [0.05, 0.1) is 11.6 Å². The highest BCUT2D eigenvalue weighted by Gasteiger charge is 2.32. The highest BCUT2D eigenvalue weighted by Crippen LogP contribution is 2.23. The van der Waals surface area contributed by atoms with E-state index in [9.17, 15) is 17.6 Å². The van der Waals surface area contributed by atoms with Gasteiger partial charge in [-0.15, -0.1) is 0 Å². The molecule has 0 aliphatic carbocycles. The van der Waals surface area contributed by atoms with Crippen molar-refractivity contribution < 1.29 is 22.7 Å². The van der Waals surface area contributed by atoms with Gasteiger partial charge in [-0.25, -0.2) is 4.39 Å². The van der Waals surface area contributed by atoms with E-state index in [0.717, 1.165) is 16.4 Å². The van der Waals surface area contributed by atoms with E-state index in [1.54, 1.807) is 0 Å². The van der Waals surface area contributed by atoms with Crippen molar-refractivity contribution in [2.24, 2.45) is 5.92 Å². The van der Waals surface area contributed by atoms with E-state index in [1.807, 2.05) is 0 Å². The first-order valence-electron chi connectivity index (χ1n) is 6.25. The quantitative estimate of drug-likeness (QED) is 0.879. The molecule has 1 atom stereocenters. The lowest BCUT2D eigenvalue weighted by molar-refractivity contribution is -0.142. The number of carboxylic acid groups (broad SMARTS) is 1. The Morgan fingerprint density at radius 1 is 1.43 bits per heavy atom. The molecule has 1 fully saturated rings. The Labute approximate surface area is 126 Å². The van der Waals surface area contributed by atoms with Crippen LogP contribution in [0.25, 0.3) is 0 Å². The second-order valence-corrected chi connectivity index (χ2v) is 6.91. The maximum Gasteiger partial charge on any atom is 0.307 e. The van der Waals surface area contributed by atoms with Crippen LogP contribution in [-0.4, -0.2) is 36.9 Å². The molecule has 1 saturated heterocycles. The van der Waals surface area contributed by atoms with Gasteiger partial charge in [0, 0.05) is 18.1 Å². The second kappa shape index (κ2) is 6.17. The number of benzene rings is 1. The monoisotopic (exact) mass is 336 g/mol. The lowest BCUT2D eigenvalue weighted by Crippen LogP contribution is -2.44. The van der Waals surface area contributed by atoms with Gasteiger partial charge >= 0.3 is 16.2 Å². The lowest BCUT2D eigenvalue weighted by atomic mass is 10.0. The predicted octanol–water partition coefficient (Wildman–Crippen LogP) is 1.93. The van der Waals surface area contributed by atoms with E-state index >= 15 is 0 Å². The van der Waals surface area contributed by atoms with Crippen molar-refractivity contribution in [2.75, 3.05) is 17.8 Å². The molecular formula is C12H14ClFN2O4S. The molecule has 0 amide bonds. The highest BCUT2D eigenvalue weighted by molar-refractivity contribution is 7.90. The summed E-state index contributed by atoms with van der Waals surface area (Å²) in [5.74, 6) is -2.42. The van der Waals surface area contributed by atoms with Crippen molar-refractivity contribution in [3.05, 3.63) is 29.0 Å². The van der Waals surface area contributed by atoms with E-state index in [4.69, 9.17) is 16.7 Å². The average Bonchev–Trinajstić information content (AvgIpc) is 2.37. The van der Waals surface area contributed by atoms with E-state index in [0.29, 0.717) is 12.8 Å². The Bertz CT molecular complexity index is 632. The zero-order valence-electron chi connectivity index (χ0n) is 10.9. The summed E-state index contributed by atoms with van der Waals surface area (Å²) in [6.45, 7) is 0.121. The molecule has 21 heavy (non-hydrogen) atoms. The van der Waals surface area contributed by atoms with Crippen molar-refractivity contribution in [1.82, 2.24) is 4.31 Å². The smallest absolute Gasteiger partial charge is 0.307 e. The lowest BCUT2D eigenvalue weighted by Gasteiger charge is -2.29. The number of hydrogen-bond donors (Lipinski definition) is 2. The van der Waals surface area contributed by atoms with Gasteiger partial charge in [-0.2, -0.15) is 12.7 Å². The topological polar surface area (TPSA) is 86.7 Å². The number of nitrogens with one attached hydrogen (secondary N) is 1. The van der Waals surface area contributed by atoms with E-state index < -0.39 is 27.9 Å².